The number of esters is 2. The minimum atomic E-state index is -1.39. The van der Waals surface area contributed by atoms with Gasteiger partial charge in [-0.1, -0.05) is 69.6 Å². The van der Waals surface area contributed by atoms with Gasteiger partial charge in [-0.3, -0.25) is 10.1 Å². The Morgan fingerprint density at radius 1 is 0.808 bits per heavy atom. The van der Waals surface area contributed by atoms with Gasteiger partial charge in [0.15, 0.2) is 0 Å². The van der Waals surface area contributed by atoms with Crippen molar-refractivity contribution in [3.8, 4) is 0 Å². The molecule has 0 N–H and O–H groups in total. The molecule has 6 nitrogen and oxygen atoms in total. The second-order valence-corrected chi connectivity index (χ2v) is 6.89. The molecule has 0 spiro atoms. The van der Waals surface area contributed by atoms with E-state index in [1.165, 1.54) is 12.1 Å². The molecule has 0 radical (unpaired) electrons. The molecular formula is C14H3Cl6NO5. The summed E-state index contributed by atoms with van der Waals surface area (Å²) in [5.74, 6) is -2.65. The molecule has 2 aromatic rings. The molecular weight excluding hydrogens is 475 g/mol. The van der Waals surface area contributed by atoms with Crippen LogP contribution in [0.5, 0.6) is 0 Å². The summed E-state index contributed by atoms with van der Waals surface area (Å²) in [6, 6.07) is 3.45. The van der Waals surface area contributed by atoms with Crippen molar-refractivity contribution in [2.24, 2.45) is 0 Å². The summed E-state index contributed by atoms with van der Waals surface area (Å²) >= 11 is 35.0. The van der Waals surface area contributed by atoms with E-state index in [-0.39, 0.29) is 25.7 Å². The monoisotopic (exact) mass is 475 g/mol. The topological polar surface area (TPSA) is 86.5 Å². The number of rotatable bonds is 3. The van der Waals surface area contributed by atoms with Crippen LogP contribution < -0.4 is 0 Å². The van der Waals surface area contributed by atoms with E-state index < -0.39 is 38.2 Å². The first-order valence-corrected chi connectivity index (χ1v) is 8.54. The number of ether oxygens (including phenoxy) is 1. The Labute approximate surface area is 175 Å². The number of carbonyl (C=O) groups is 2. The van der Waals surface area contributed by atoms with Crippen LogP contribution in [0.2, 0.25) is 30.1 Å². The molecule has 0 heterocycles. The predicted molar refractivity (Wildman–Crippen MR) is 99.3 cm³/mol. The van der Waals surface area contributed by atoms with Gasteiger partial charge in [-0.15, -0.1) is 0 Å². The van der Waals surface area contributed by atoms with Crippen LogP contribution in [0.15, 0.2) is 18.2 Å². The minimum absolute atomic E-state index is 0.00933. The quantitative estimate of drug-likeness (QED) is 0.165. The smallest absolute Gasteiger partial charge is 0.349 e. The summed E-state index contributed by atoms with van der Waals surface area (Å²) in [6.45, 7) is 0. The molecule has 0 fully saturated rings. The first-order chi connectivity index (χ1) is 12.1. The highest BCUT2D eigenvalue weighted by atomic mass is 35.5. The van der Waals surface area contributed by atoms with E-state index in [9.17, 15) is 19.7 Å². The highest BCUT2D eigenvalue weighted by molar-refractivity contribution is 6.48. The van der Waals surface area contributed by atoms with Crippen molar-refractivity contribution in [3.63, 3.8) is 0 Å². The lowest BCUT2D eigenvalue weighted by atomic mass is 10.2. The number of halogens is 6. The summed E-state index contributed by atoms with van der Waals surface area (Å²) in [4.78, 5) is 34.6. The lowest BCUT2D eigenvalue weighted by Gasteiger charge is -2.10. The van der Waals surface area contributed by atoms with Gasteiger partial charge >= 0.3 is 11.9 Å². The largest absolute Gasteiger partial charge is 0.386 e. The molecule has 0 aromatic heterocycles. The number of nitrogens with zero attached hydrogens (tertiary/aromatic N) is 1. The standard InChI is InChI=1S/C14H3Cl6NO5/c15-4-1-2-5(16)10(18)8(4)13(22)26-14(23)9-11(19)6(17)3-7(12(9)20)21(24)25/h1-3H. The van der Waals surface area contributed by atoms with Crippen molar-refractivity contribution in [2.75, 3.05) is 0 Å². The first kappa shape index (κ1) is 21.0. The van der Waals surface area contributed by atoms with E-state index in [4.69, 9.17) is 69.6 Å². The van der Waals surface area contributed by atoms with Crippen molar-refractivity contribution in [1.29, 1.82) is 0 Å². The molecule has 0 aliphatic carbocycles. The van der Waals surface area contributed by atoms with Gasteiger partial charge in [-0.05, 0) is 12.1 Å². The number of nitro benzene ring substituents is 1. The molecule has 0 unspecified atom stereocenters. The van der Waals surface area contributed by atoms with Crippen molar-refractivity contribution < 1.29 is 19.2 Å². The second-order valence-electron chi connectivity index (χ2n) is 4.53. The molecule has 12 heteroatoms. The molecule has 0 amide bonds. The summed E-state index contributed by atoms with van der Waals surface area (Å²) in [6.07, 6.45) is 0. The Bertz CT molecular complexity index is 962. The van der Waals surface area contributed by atoms with Crippen LogP contribution in [0, 0.1) is 10.1 Å². The average molecular weight is 478 g/mol. The summed E-state index contributed by atoms with van der Waals surface area (Å²) < 4.78 is 4.64. The molecule has 2 rings (SSSR count). The average Bonchev–Trinajstić information content (AvgIpc) is 2.54. The third-order valence-electron chi connectivity index (χ3n) is 2.97. The van der Waals surface area contributed by atoms with Crippen LogP contribution in [0.4, 0.5) is 5.69 Å². The number of benzene rings is 2. The Balaban J connectivity index is 2.48. The van der Waals surface area contributed by atoms with Crippen LogP contribution in [0.25, 0.3) is 0 Å². The van der Waals surface area contributed by atoms with Crippen molar-refractivity contribution in [2.45, 2.75) is 0 Å². The summed E-state index contributed by atoms with van der Waals surface area (Å²) in [5, 5.41) is 9.19. The molecule has 0 saturated heterocycles. The van der Waals surface area contributed by atoms with Crippen molar-refractivity contribution in [3.05, 3.63) is 69.6 Å². The fraction of sp³-hybridized carbons (Fsp3) is 0. The Morgan fingerprint density at radius 3 is 1.88 bits per heavy atom. The fourth-order valence-electron chi connectivity index (χ4n) is 1.80. The summed E-state index contributed by atoms with van der Waals surface area (Å²) in [5.41, 5.74) is -1.73. The number of hydrogen-bond acceptors (Lipinski definition) is 5. The summed E-state index contributed by atoms with van der Waals surface area (Å²) in [7, 11) is 0. The van der Waals surface area contributed by atoms with Crippen molar-refractivity contribution >= 4 is 87.2 Å². The van der Waals surface area contributed by atoms with Crippen LogP contribution in [0.3, 0.4) is 0 Å². The molecule has 0 bridgehead atoms. The highest BCUT2D eigenvalue weighted by Crippen LogP contribution is 2.39. The minimum Gasteiger partial charge on any atom is -0.386 e. The number of carbonyl (C=O) groups excluding carboxylic acids is 2. The van der Waals surface area contributed by atoms with E-state index >= 15 is 0 Å². The predicted octanol–water partition coefficient (Wildman–Crippen LogP) is 6.51. The van der Waals surface area contributed by atoms with E-state index in [1.807, 2.05) is 0 Å². The Hall–Kier alpha value is -1.28. The molecule has 26 heavy (non-hydrogen) atoms. The van der Waals surface area contributed by atoms with Gasteiger partial charge in [0.25, 0.3) is 5.69 Å². The van der Waals surface area contributed by atoms with Gasteiger partial charge in [0, 0.05) is 6.07 Å². The number of nitro groups is 1. The highest BCUT2D eigenvalue weighted by Gasteiger charge is 2.30. The van der Waals surface area contributed by atoms with Crippen LogP contribution in [-0.2, 0) is 4.74 Å². The van der Waals surface area contributed by atoms with Gasteiger partial charge in [0.1, 0.15) is 10.6 Å². The zero-order chi connectivity index (χ0) is 19.8. The van der Waals surface area contributed by atoms with Gasteiger partial charge in [0.05, 0.1) is 35.6 Å². The Morgan fingerprint density at radius 2 is 1.31 bits per heavy atom. The van der Waals surface area contributed by atoms with Crippen LogP contribution in [0.1, 0.15) is 20.7 Å². The molecule has 0 aliphatic rings. The fourth-order valence-corrected chi connectivity index (χ4v) is 3.25. The zero-order valence-corrected chi connectivity index (χ0v) is 16.5. The first-order valence-electron chi connectivity index (χ1n) is 6.28. The maximum Gasteiger partial charge on any atom is 0.349 e. The van der Waals surface area contributed by atoms with E-state index in [1.54, 1.807) is 0 Å². The third-order valence-corrected chi connectivity index (χ3v) is 5.26. The zero-order valence-electron chi connectivity index (χ0n) is 12.0. The van der Waals surface area contributed by atoms with E-state index in [0.29, 0.717) is 0 Å². The van der Waals surface area contributed by atoms with E-state index in [0.717, 1.165) is 6.07 Å². The Kier molecular flexibility index (Phi) is 6.60. The van der Waals surface area contributed by atoms with Gasteiger partial charge in [-0.2, -0.15) is 0 Å². The molecule has 136 valence electrons. The lowest BCUT2D eigenvalue weighted by Crippen LogP contribution is -2.15. The maximum absolute atomic E-state index is 12.3. The molecule has 2 aromatic carbocycles. The van der Waals surface area contributed by atoms with Gasteiger partial charge in [-0.25, -0.2) is 9.59 Å². The van der Waals surface area contributed by atoms with Gasteiger partial charge in [0.2, 0.25) is 0 Å². The van der Waals surface area contributed by atoms with Gasteiger partial charge < -0.3 is 4.74 Å². The second kappa shape index (κ2) is 8.17. The lowest BCUT2D eigenvalue weighted by molar-refractivity contribution is -0.384. The van der Waals surface area contributed by atoms with E-state index in [2.05, 4.69) is 4.74 Å². The normalized spacial score (nSPS) is 10.5. The van der Waals surface area contributed by atoms with Crippen molar-refractivity contribution in [1.82, 2.24) is 0 Å². The molecule has 0 atom stereocenters. The van der Waals surface area contributed by atoms with Crippen LogP contribution >= 0.6 is 69.6 Å². The number of hydrogen-bond donors (Lipinski definition) is 0. The third kappa shape index (κ3) is 4.01. The molecule has 0 saturated carbocycles. The van der Waals surface area contributed by atoms with Crippen LogP contribution in [-0.4, -0.2) is 16.9 Å². The maximum atomic E-state index is 12.3. The molecule has 0 aliphatic heterocycles. The SMILES string of the molecule is O=C(OC(=O)c1c(Cl)c(Cl)cc([N+](=O)[O-])c1Cl)c1c(Cl)ccc(Cl)c1Cl.